The Morgan fingerprint density at radius 2 is 1.91 bits per heavy atom. The Bertz CT molecular complexity index is 716. The lowest BCUT2D eigenvalue weighted by atomic mass is 10.1. The summed E-state index contributed by atoms with van der Waals surface area (Å²) in [4.78, 5) is 11.8. The molecule has 0 aliphatic carbocycles. The lowest BCUT2D eigenvalue weighted by Crippen LogP contribution is -2.19. The van der Waals surface area contributed by atoms with E-state index in [0.29, 0.717) is 5.75 Å². The molecule has 23 heavy (non-hydrogen) atoms. The van der Waals surface area contributed by atoms with Crippen LogP contribution in [0.5, 0.6) is 5.75 Å². The fraction of sp³-hybridized carbons (Fsp3) is 0.111. The topological polar surface area (TPSA) is 50.7 Å². The summed E-state index contributed by atoms with van der Waals surface area (Å²) in [6.07, 6.45) is 6.98. The van der Waals surface area contributed by atoms with E-state index in [1.165, 1.54) is 0 Å². The SMILES string of the molecule is C#CCOc1ccc(/C=N/NC(=O)Cc2ccc(Br)cc2)cc1. The number of hydrazone groups is 1. The van der Waals surface area contributed by atoms with Crippen LogP contribution in [0.15, 0.2) is 58.1 Å². The lowest BCUT2D eigenvalue weighted by molar-refractivity contribution is -0.120. The first-order valence-corrected chi connectivity index (χ1v) is 7.69. The molecule has 0 heterocycles. The van der Waals surface area contributed by atoms with Gasteiger partial charge in [-0.1, -0.05) is 34.0 Å². The zero-order valence-electron chi connectivity index (χ0n) is 12.3. The van der Waals surface area contributed by atoms with Crippen molar-refractivity contribution in [1.82, 2.24) is 5.43 Å². The molecule has 116 valence electrons. The number of nitrogens with zero attached hydrogens (tertiary/aromatic N) is 1. The number of benzene rings is 2. The molecular formula is C18H15BrN2O2. The van der Waals surface area contributed by atoms with Crippen LogP contribution in [0.2, 0.25) is 0 Å². The first kappa shape index (κ1) is 16.8. The molecular weight excluding hydrogens is 356 g/mol. The molecule has 0 spiro atoms. The summed E-state index contributed by atoms with van der Waals surface area (Å²) in [5.74, 6) is 2.93. The van der Waals surface area contributed by atoms with Crippen LogP contribution in [0.3, 0.4) is 0 Å². The third kappa shape index (κ3) is 5.97. The van der Waals surface area contributed by atoms with Gasteiger partial charge in [-0.05, 0) is 47.5 Å². The molecule has 0 unspecified atom stereocenters. The summed E-state index contributed by atoms with van der Waals surface area (Å²) in [5, 5.41) is 3.94. The minimum atomic E-state index is -0.169. The highest BCUT2D eigenvalue weighted by molar-refractivity contribution is 9.10. The van der Waals surface area contributed by atoms with Crippen LogP contribution in [-0.2, 0) is 11.2 Å². The number of carbonyl (C=O) groups is 1. The quantitative estimate of drug-likeness (QED) is 0.482. The van der Waals surface area contributed by atoms with Crippen LogP contribution >= 0.6 is 15.9 Å². The molecule has 0 saturated carbocycles. The summed E-state index contributed by atoms with van der Waals surface area (Å²) in [6.45, 7) is 0.236. The average molecular weight is 371 g/mol. The van der Waals surface area contributed by atoms with Gasteiger partial charge in [0.15, 0.2) is 0 Å². The molecule has 2 aromatic carbocycles. The Morgan fingerprint density at radius 1 is 1.22 bits per heavy atom. The standard InChI is InChI=1S/C18H15BrN2O2/c1-2-11-23-17-9-5-15(6-10-17)13-20-21-18(22)12-14-3-7-16(19)8-4-14/h1,3-10,13H,11-12H2,(H,21,22)/b20-13+. The third-order valence-corrected chi connectivity index (χ3v) is 3.41. The number of terminal acetylenes is 1. The van der Waals surface area contributed by atoms with E-state index < -0.39 is 0 Å². The van der Waals surface area contributed by atoms with Crippen molar-refractivity contribution in [3.63, 3.8) is 0 Å². The minimum absolute atomic E-state index is 0.169. The van der Waals surface area contributed by atoms with Gasteiger partial charge in [0.05, 0.1) is 12.6 Å². The second-order valence-electron chi connectivity index (χ2n) is 4.66. The molecule has 5 heteroatoms. The summed E-state index contributed by atoms with van der Waals surface area (Å²) in [7, 11) is 0. The maximum Gasteiger partial charge on any atom is 0.244 e. The Labute approximate surface area is 143 Å². The van der Waals surface area contributed by atoms with Gasteiger partial charge in [0.1, 0.15) is 12.4 Å². The lowest BCUT2D eigenvalue weighted by Gasteiger charge is -2.02. The molecule has 4 nitrogen and oxygen atoms in total. The highest BCUT2D eigenvalue weighted by Crippen LogP contribution is 2.11. The van der Waals surface area contributed by atoms with Gasteiger partial charge in [-0.3, -0.25) is 4.79 Å². The maximum atomic E-state index is 11.8. The number of nitrogens with one attached hydrogen (secondary N) is 1. The fourth-order valence-electron chi connectivity index (χ4n) is 1.78. The molecule has 0 saturated heterocycles. The van der Waals surface area contributed by atoms with E-state index in [-0.39, 0.29) is 18.9 Å². The second-order valence-corrected chi connectivity index (χ2v) is 5.57. The monoisotopic (exact) mass is 370 g/mol. The molecule has 0 fully saturated rings. The second kappa shape index (κ2) is 8.76. The van der Waals surface area contributed by atoms with Gasteiger partial charge in [0, 0.05) is 4.47 Å². The zero-order chi connectivity index (χ0) is 16.5. The van der Waals surface area contributed by atoms with Crippen molar-refractivity contribution >= 4 is 28.1 Å². The van der Waals surface area contributed by atoms with Gasteiger partial charge in [-0.25, -0.2) is 5.43 Å². The van der Waals surface area contributed by atoms with Gasteiger partial charge in [0.2, 0.25) is 5.91 Å². The van der Waals surface area contributed by atoms with Gasteiger partial charge in [0.25, 0.3) is 0 Å². The van der Waals surface area contributed by atoms with Crippen molar-refractivity contribution in [1.29, 1.82) is 0 Å². The van der Waals surface area contributed by atoms with Crippen LogP contribution in [0.1, 0.15) is 11.1 Å². The first-order valence-electron chi connectivity index (χ1n) is 6.90. The largest absolute Gasteiger partial charge is 0.481 e. The summed E-state index contributed by atoms with van der Waals surface area (Å²) < 4.78 is 6.25. The van der Waals surface area contributed by atoms with Crippen LogP contribution in [0.4, 0.5) is 0 Å². The van der Waals surface area contributed by atoms with E-state index in [1.54, 1.807) is 18.3 Å². The number of hydrogen-bond donors (Lipinski definition) is 1. The van der Waals surface area contributed by atoms with Crippen molar-refractivity contribution in [2.75, 3.05) is 6.61 Å². The maximum absolute atomic E-state index is 11.8. The summed E-state index contributed by atoms with van der Waals surface area (Å²) in [5.41, 5.74) is 4.28. The third-order valence-electron chi connectivity index (χ3n) is 2.88. The average Bonchev–Trinajstić information content (AvgIpc) is 2.56. The molecule has 0 bridgehead atoms. The van der Waals surface area contributed by atoms with E-state index >= 15 is 0 Å². The van der Waals surface area contributed by atoms with Gasteiger partial charge >= 0.3 is 0 Å². The van der Waals surface area contributed by atoms with Crippen molar-refractivity contribution in [2.24, 2.45) is 5.10 Å². The molecule has 1 N–H and O–H groups in total. The smallest absolute Gasteiger partial charge is 0.244 e. The van der Waals surface area contributed by atoms with Crippen molar-refractivity contribution in [3.8, 4) is 18.1 Å². The number of ether oxygens (including phenoxy) is 1. The molecule has 0 atom stereocenters. The fourth-order valence-corrected chi connectivity index (χ4v) is 2.05. The molecule has 2 rings (SSSR count). The Kier molecular flexibility index (Phi) is 6.40. The van der Waals surface area contributed by atoms with Gasteiger partial charge in [-0.15, -0.1) is 6.42 Å². The normalized spacial score (nSPS) is 10.3. The highest BCUT2D eigenvalue weighted by Gasteiger charge is 2.01. The van der Waals surface area contributed by atoms with Crippen molar-refractivity contribution in [2.45, 2.75) is 6.42 Å². The van der Waals surface area contributed by atoms with E-state index in [1.807, 2.05) is 36.4 Å². The Morgan fingerprint density at radius 3 is 2.57 bits per heavy atom. The number of hydrogen-bond acceptors (Lipinski definition) is 3. The molecule has 2 aromatic rings. The number of rotatable bonds is 6. The molecule has 0 aromatic heterocycles. The minimum Gasteiger partial charge on any atom is -0.481 e. The predicted octanol–water partition coefficient (Wildman–Crippen LogP) is 3.15. The molecule has 0 aliphatic rings. The van der Waals surface area contributed by atoms with Crippen molar-refractivity contribution in [3.05, 3.63) is 64.1 Å². The van der Waals surface area contributed by atoms with Crippen LogP contribution in [0.25, 0.3) is 0 Å². The van der Waals surface area contributed by atoms with E-state index in [9.17, 15) is 4.79 Å². The summed E-state index contributed by atoms with van der Waals surface area (Å²) >= 11 is 3.36. The number of halogens is 1. The Balaban J connectivity index is 1.82. The first-order chi connectivity index (χ1) is 11.2. The number of amides is 1. The van der Waals surface area contributed by atoms with E-state index in [4.69, 9.17) is 11.2 Å². The van der Waals surface area contributed by atoms with Gasteiger partial charge < -0.3 is 4.74 Å². The molecule has 1 amide bonds. The molecule has 0 radical (unpaired) electrons. The van der Waals surface area contributed by atoms with Crippen LogP contribution < -0.4 is 10.2 Å². The highest BCUT2D eigenvalue weighted by atomic mass is 79.9. The number of carbonyl (C=O) groups excluding carboxylic acids is 1. The zero-order valence-corrected chi connectivity index (χ0v) is 13.9. The van der Waals surface area contributed by atoms with Crippen molar-refractivity contribution < 1.29 is 9.53 Å². The Hall–Kier alpha value is -2.58. The van der Waals surface area contributed by atoms with E-state index in [2.05, 4.69) is 32.4 Å². The van der Waals surface area contributed by atoms with Gasteiger partial charge in [-0.2, -0.15) is 5.10 Å². The summed E-state index contributed by atoms with van der Waals surface area (Å²) in [6, 6.07) is 14.8. The van der Waals surface area contributed by atoms with E-state index in [0.717, 1.165) is 15.6 Å². The predicted molar refractivity (Wildman–Crippen MR) is 94.4 cm³/mol. The van der Waals surface area contributed by atoms with Crippen LogP contribution in [-0.4, -0.2) is 18.7 Å². The molecule has 0 aliphatic heterocycles. The van der Waals surface area contributed by atoms with Crippen LogP contribution in [0, 0.1) is 12.3 Å².